The van der Waals surface area contributed by atoms with Gasteiger partial charge in [-0.2, -0.15) is 0 Å². The highest BCUT2D eigenvalue weighted by atomic mass is 16.5. The van der Waals surface area contributed by atoms with Gasteiger partial charge in [0, 0.05) is 38.0 Å². The normalized spacial score (nSPS) is 23.2. The van der Waals surface area contributed by atoms with Crippen LogP contribution in [-0.4, -0.2) is 35.9 Å². The van der Waals surface area contributed by atoms with Crippen LogP contribution in [0.3, 0.4) is 0 Å². The minimum Gasteiger partial charge on any atom is -0.380 e. The fourth-order valence-electron chi connectivity index (χ4n) is 2.28. The fourth-order valence-corrected chi connectivity index (χ4v) is 2.28. The molecule has 2 atom stereocenters. The maximum absolute atomic E-state index is 5.30. The summed E-state index contributed by atoms with van der Waals surface area (Å²) in [5.74, 6) is 0.611. The molecule has 2 unspecified atom stereocenters. The lowest BCUT2D eigenvalue weighted by atomic mass is 9.96. The van der Waals surface area contributed by atoms with E-state index in [0.29, 0.717) is 5.92 Å². The molecule has 1 N–H and O–H groups in total. The number of ether oxygens (including phenoxy) is 1. The third kappa shape index (κ3) is 2.62. The molecule has 0 aromatic carbocycles. The number of methoxy groups -OCH3 is 1. The Morgan fingerprint density at radius 3 is 3.25 bits per heavy atom. The largest absolute Gasteiger partial charge is 0.380 e. The molecule has 1 fully saturated rings. The first-order valence-corrected chi connectivity index (χ1v) is 6.04. The second-order valence-electron chi connectivity index (χ2n) is 4.56. The molecule has 0 radical (unpaired) electrons. The summed E-state index contributed by atoms with van der Waals surface area (Å²) in [7, 11) is 1.75. The Balaban J connectivity index is 2.05. The highest BCUT2D eigenvalue weighted by Crippen LogP contribution is 2.23. The molecule has 2 rings (SSSR count). The van der Waals surface area contributed by atoms with Crippen molar-refractivity contribution in [2.45, 2.75) is 38.3 Å². The van der Waals surface area contributed by atoms with Crippen LogP contribution < -0.4 is 5.32 Å². The number of nitrogens with one attached hydrogen (secondary N) is 1. The van der Waals surface area contributed by atoms with E-state index in [2.05, 4.69) is 21.8 Å². The molecule has 90 valence electrons. The maximum Gasteiger partial charge on any atom is 0.0949 e. The summed E-state index contributed by atoms with van der Waals surface area (Å²) < 4.78 is 7.53. The minimum atomic E-state index is 0.240. The first-order valence-electron chi connectivity index (χ1n) is 6.04. The van der Waals surface area contributed by atoms with Crippen LogP contribution in [0.5, 0.6) is 0 Å². The lowest BCUT2D eigenvalue weighted by Gasteiger charge is -2.24. The van der Waals surface area contributed by atoms with Crippen molar-refractivity contribution in [2.75, 3.05) is 20.2 Å². The van der Waals surface area contributed by atoms with Gasteiger partial charge in [-0.1, -0.05) is 0 Å². The Labute approximate surface area is 97.0 Å². The van der Waals surface area contributed by atoms with Crippen LogP contribution in [0.1, 0.15) is 31.4 Å². The Hall–Kier alpha value is -0.870. The highest BCUT2D eigenvalue weighted by molar-refractivity contribution is 5.08. The van der Waals surface area contributed by atoms with Gasteiger partial charge >= 0.3 is 0 Å². The molecule has 0 saturated carbocycles. The zero-order valence-corrected chi connectivity index (χ0v) is 10.1. The first kappa shape index (κ1) is 11.6. The minimum absolute atomic E-state index is 0.240. The van der Waals surface area contributed by atoms with Crippen LogP contribution in [0.25, 0.3) is 0 Å². The van der Waals surface area contributed by atoms with Crippen molar-refractivity contribution in [1.29, 1.82) is 0 Å². The van der Waals surface area contributed by atoms with Crippen molar-refractivity contribution in [3.63, 3.8) is 0 Å². The van der Waals surface area contributed by atoms with E-state index in [1.54, 1.807) is 7.11 Å². The van der Waals surface area contributed by atoms with Crippen molar-refractivity contribution < 1.29 is 4.74 Å². The Morgan fingerprint density at radius 1 is 1.69 bits per heavy atom. The summed E-state index contributed by atoms with van der Waals surface area (Å²) in [6, 6.07) is 0. The maximum atomic E-state index is 5.30. The molecule has 1 aliphatic heterocycles. The first-order chi connectivity index (χ1) is 7.81. The molecular weight excluding hydrogens is 202 g/mol. The van der Waals surface area contributed by atoms with Gasteiger partial charge < -0.3 is 14.6 Å². The monoisotopic (exact) mass is 223 g/mol. The van der Waals surface area contributed by atoms with E-state index in [-0.39, 0.29) is 6.10 Å². The SMILES string of the molecule is COC(C)Cn1cncc1C1CCCNC1. The molecule has 1 aromatic rings. The summed E-state index contributed by atoms with van der Waals surface area (Å²) in [6.07, 6.45) is 6.68. The third-order valence-corrected chi connectivity index (χ3v) is 3.32. The molecule has 2 heterocycles. The number of nitrogens with zero attached hydrogens (tertiary/aromatic N) is 2. The lowest BCUT2D eigenvalue weighted by Crippen LogP contribution is -2.30. The van der Waals surface area contributed by atoms with Crippen LogP contribution in [0.15, 0.2) is 12.5 Å². The number of imidazole rings is 1. The van der Waals surface area contributed by atoms with E-state index in [4.69, 9.17) is 4.74 Å². The number of aromatic nitrogens is 2. The van der Waals surface area contributed by atoms with E-state index in [0.717, 1.165) is 19.6 Å². The van der Waals surface area contributed by atoms with Crippen LogP contribution in [-0.2, 0) is 11.3 Å². The van der Waals surface area contributed by atoms with Gasteiger partial charge in [-0.25, -0.2) is 4.98 Å². The zero-order chi connectivity index (χ0) is 11.4. The second-order valence-corrected chi connectivity index (χ2v) is 4.56. The topological polar surface area (TPSA) is 39.1 Å². The number of hydrogen-bond acceptors (Lipinski definition) is 3. The van der Waals surface area contributed by atoms with Crippen molar-refractivity contribution in [3.8, 4) is 0 Å². The molecule has 16 heavy (non-hydrogen) atoms. The fraction of sp³-hybridized carbons (Fsp3) is 0.750. The summed E-state index contributed by atoms with van der Waals surface area (Å²) in [5, 5.41) is 3.45. The molecule has 4 heteroatoms. The average molecular weight is 223 g/mol. The predicted octanol–water partition coefficient (Wildman–Crippen LogP) is 1.39. The van der Waals surface area contributed by atoms with Gasteiger partial charge in [0.2, 0.25) is 0 Å². The van der Waals surface area contributed by atoms with Gasteiger partial charge in [0.1, 0.15) is 0 Å². The molecule has 0 aliphatic carbocycles. The highest BCUT2D eigenvalue weighted by Gasteiger charge is 2.19. The van der Waals surface area contributed by atoms with E-state index in [9.17, 15) is 0 Å². The molecule has 4 nitrogen and oxygen atoms in total. The van der Waals surface area contributed by atoms with Gasteiger partial charge in [0.15, 0.2) is 0 Å². The molecule has 1 saturated heterocycles. The van der Waals surface area contributed by atoms with E-state index < -0.39 is 0 Å². The standard InChI is InChI=1S/C12H21N3O/c1-10(16-2)8-15-9-14-7-12(15)11-4-3-5-13-6-11/h7,9-11,13H,3-6,8H2,1-2H3. The average Bonchev–Trinajstić information content (AvgIpc) is 2.78. The molecule has 1 aromatic heterocycles. The van der Waals surface area contributed by atoms with Crippen molar-refractivity contribution >= 4 is 0 Å². The van der Waals surface area contributed by atoms with Crippen molar-refractivity contribution in [2.24, 2.45) is 0 Å². The molecule has 0 bridgehead atoms. The second kappa shape index (κ2) is 5.46. The van der Waals surface area contributed by atoms with Gasteiger partial charge in [-0.3, -0.25) is 0 Å². The summed E-state index contributed by atoms with van der Waals surface area (Å²) >= 11 is 0. The van der Waals surface area contributed by atoms with Gasteiger partial charge in [0.25, 0.3) is 0 Å². The van der Waals surface area contributed by atoms with Crippen LogP contribution >= 0.6 is 0 Å². The van der Waals surface area contributed by atoms with Gasteiger partial charge in [-0.15, -0.1) is 0 Å². The molecule has 0 spiro atoms. The van der Waals surface area contributed by atoms with Gasteiger partial charge in [-0.05, 0) is 26.3 Å². The number of piperidine rings is 1. The molecular formula is C12H21N3O. The molecule has 0 amide bonds. The Morgan fingerprint density at radius 2 is 2.56 bits per heavy atom. The number of rotatable bonds is 4. The van der Waals surface area contributed by atoms with Gasteiger partial charge in [0.05, 0.1) is 12.4 Å². The number of hydrogen-bond donors (Lipinski definition) is 1. The summed E-state index contributed by atoms with van der Waals surface area (Å²) in [6.45, 7) is 5.21. The van der Waals surface area contributed by atoms with Crippen molar-refractivity contribution in [1.82, 2.24) is 14.9 Å². The lowest BCUT2D eigenvalue weighted by molar-refractivity contribution is 0.102. The van der Waals surface area contributed by atoms with Crippen LogP contribution in [0.4, 0.5) is 0 Å². The van der Waals surface area contributed by atoms with E-state index in [1.807, 2.05) is 12.5 Å². The van der Waals surface area contributed by atoms with Crippen LogP contribution in [0, 0.1) is 0 Å². The quantitative estimate of drug-likeness (QED) is 0.838. The van der Waals surface area contributed by atoms with Crippen LogP contribution in [0.2, 0.25) is 0 Å². The zero-order valence-electron chi connectivity index (χ0n) is 10.1. The predicted molar refractivity (Wildman–Crippen MR) is 63.5 cm³/mol. The summed E-state index contributed by atoms with van der Waals surface area (Å²) in [5.41, 5.74) is 1.34. The van der Waals surface area contributed by atoms with Crippen molar-refractivity contribution in [3.05, 3.63) is 18.2 Å². The van der Waals surface area contributed by atoms with E-state index >= 15 is 0 Å². The molecule has 1 aliphatic rings. The van der Waals surface area contributed by atoms with E-state index in [1.165, 1.54) is 18.5 Å². The third-order valence-electron chi connectivity index (χ3n) is 3.32. The summed E-state index contributed by atoms with van der Waals surface area (Å²) in [4.78, 5) is 4.26. The Kier molecular flexibility index (Phi) is 3.96. The Bertz CT molecular complexity index is 318. The smallest absolute Gasteiger partial charge is 0.0949 e.